The molecule has 0 N–H and O–H groups in total. The Morgan fingerprint density at radius 3 is 2.53 bits per heavy atom. The molecule has 0 bridgehead atoms. The standard InChI is InChI=1S/C22H27N5O4S/c1-15-20(16(2)30-24-15)32(28,29)27-10-9-19-12-26(11-18-7-5-4-6-8-18)13-22(19,14-27)21-23-17(3)31-25-21/h4-8,19H,9-14H2,1-3H3/t19-,22+/m0/s1. The maximum Gasteiger partial charge on any atom is 0.248 e. The highest BCUT2D eigenvalue weighted by atomic mass is 32.2. The largest absolute Gasteiger partial charge is 0.360 e. The monoisotopic (exact) mass is 457 g/mol. The number of aromatic nitrogens is 3. The Bertz CT molecular complexity index is 1200. The smallest absolute Gasteiger partial charge is 0.248 e. The number of likely N-dealkylation sites (tertiary alicyclic amines) is 1. The van der Waals surface area contributed by atoms with E-state index in [4.69, 9.17) is 9.05 Å². The molecule has 2 aromatic heterocycles. The number of aryl methyl sites for hydroxylation is 3. The lowest BCUT2D eigenvalue weighted by molar-refractivity contribution is 0.172. The van der Waals surface area contributed by atoms with E-state index in [9.17, 15) is 8.42 Å². The molecule has 170 valence electrons. The van der Waals surface area contributed by atoms with Gasteiger partial charge in [0, 0.05) is 39.6 Å². The van der Waals surface area contributed by atoms with Gasteiger partial charge in [0.25, 0.3) is 0 Å². The molecule has 3 aromatic rings. The maximum absolute atomic E-state index is 13.6. The predicted molar refractivity (Wildman–Crippen MR) is 115 cm³/mol. The number of fused-ring (bicyclic) bond motifs is 1. The minimum absolute atomic E-state index is 0.162. The van der Waals surface area contributed by atoms with Crippen molar-refractivity contribution in [2.75, 3.05) is 26.2 Å². The number of sulfonamides is 1. The topological polar surface area (TPSA) is 106 Å². The SMILES string of the molecule is Cc1nc([C@@]23CN(Cc4ccccc4)C[C@@H]2CCN(S(=O)(=O)c2c(C)noc2C)C3)no1. The number of hydrogen-bond donors (Lipinski definition) is 0. The van der Waals surface area contributed by atoms with Crippen molar-refractivity contribution in [1.82, 2.24) is 24.5 Å². The van der Waals surface area contributed by atoms with Crippen LogP contribution in [0.5, 0.6) is 0 Å². The fourth-order valence-electron chi connectivity index (χ4n) is 5.28. The Kier molecular flexibility index (Phi) is 5.18. The van der Waals surface area contributed by atoms with Gasteiger partial charge in [0.1, 0.15) is 10.6 Å². The summed E-state index contributed by atoms with van der Waals surface area (Å²) in [4.78, 5) is 7.10. The van der Waals surface area contributed by atoms with Gasteiger partial charge in [0.2, 0.25) is 15.9 Å². The number of nitrogens with zero attached hydrogens (tertiary/aromatic N) is 5. The van der Waals surface area contributed by atoms with E-state index >= 15 is 0 Å². The van der Waals surface area contributed by atoms with Crippen molar-refractivity contribution >= 4 is 10.0 Å². The maximum atomic E-state index is 13.6. The molecule has 2 atom stereocenters. The second-order valence-electron chi connectivity index (χ2n) is 8.93. The summed E-state index contributed by atoms with van der Waals surface area (Å²) < 4.78 is 39.2. The van der Waals surface area contributed by atoms with Crippen LogP contribution in [0, 0.1) is 26.7 Å². The van der Waals surface area contributed by atoms with E-state index in [1.807, 2.05) is 18.2 Å². The third kappa shape index (κ3) is 3.46. The van der Waals surface area contributed by atoms with Crippen LogP contribution < -0.4 is 0 Å². The summed E-state index contributed by atoms with van der Waals surface area (Å²) in [7, 11) is -3.76. The van der Waals surface area contributed by atoms with Crippen LogP contribution in [-0.2, 0) is 22.0 Å². The average molecular weight is 458 g/mol. The van der Waals surface area contributed by atoms with Crippen LogP contribution in [0.3, 0.4) is 0 Å². The summed E-state index contributed by atoms with van der Waals surface area (Å²) in [6, 6.07) is 10.3. The van der Waals surface area contributed by atoms with Crippen LogP contribution in [-0.4, -0.2) is 59.1 Å². The second-order valence-corrected chi connectivity index (χ2v) is 10.8. The number of benzene rings is 1. The van der Waals surface area contributed by atoms with Crippen LogP contribution in [0.1, 0.15) is 35.2 Å². The highest BCUT2D eigenvalue weighted by Crippen LogP contribution is 2.45. The van der Waals surface area contributed by atoms with E-state index in [1.54, 1.807) is 25.1 Å². The van der Waals surface area contributed by atoms with Crippen molar-refractivity contribution in [3.05, 3.63) is 59.1 Å². The molecule has 9 nitrogen and oxygen atoms in total. The zero-order chi connectivity index (χ0) is 22.5. The minimum atomic E-state index is -3.76. The first-order valence-electron chi connectivity index (χ1n) is 10.8. The number of hydrogen-bond acceptors (Lipinski definition) is 8. The molecule has 0 saturated carbocycles. The van der Waals surface area contributed by atoms with Crippen molar-refractivity contribution in [2.45, 2.75) is 44.0 Å². The zero-order valence-electron chi connectivity index (χ0n) is 18.5. The Morgan fingerprint density at radius 2 is 1.88 bits per heavy atom. The summed E-state index contributed by atoms with van der Waals surface area (Å²) in [6.45, 7) is 8.12. The van der Waals surface area contributed by atoms with Crippen LogP contribution in [0.15, 0.2) is 44.3 Å². The van der Waals surface area contributed by atoms with Crippen LogP contribution >= 0.6 is 0 Å². The first-order chi connectivity index (χ1) is 15.3. The lowest BCUT2D eigenvalue weighted by atomic mass is 9.73. The van der Waals surface area contributed by atoms with Gasteiger partial charge in [-0.3, -0.25) is 4.90 Å². The van der Waals surface area contributed by atoms with Crippen molar-refractivity contribution in [2.24, 2.45) is 5.92 Å². The molecule has 2 aliphatic heterocycles. The normalized spacial score (nSPS) is 24.7. The third-order valence-electron chi connectivity index (χ3n) is 6.74. The van der Waals surface area contributed by atoms with Crippen LogP contribution in [0.4, 0.5) is 0 Å². The molecular formula is C22H27N5O4S. The van der Waals surface area contributed by atoms with E-state index in [2.05, 4.69) is 32.3 Å². The Balaban J connectivity index is 1.50. The number of piperidine rings is 1. The molecule has 32 heavy (non-hydrogen) atoms. The zero-order valence-corrected chi connectivity index (χ0v) is 19.3. The average Bonchev–Trinajstić information content (AvgIpc) is 3.45. The van der Waals surface area contributed by atoms with Gasteiger partial charge in [-0.1, -0.05) is 40.6 Å². The van der Waals surface area contributed by atoms with Crippen molar-refractivity contribution in [1.29, 1.82) is 0 Å². The van der Waals surface area contributed by atoms with Crippen molar-refractivity contribution < 1.29 is 17.5 Å². The fourth-order valence-corrected chi connectivity index (χ4v) is 7.10. The molecule has 4 heterocycles. The van der Waals surface area contributed by atoms with Gasteiger partial charge in [-0.2, -0.15) is 9.29 Å². The van der Waals surface area contributed by atoms with E-state index < -0.39 is 15.4 Å². The molecule has 0 unspecified atom stereocenters. The van der Waals surface area contributed by atoms with Gasteiger partial charge in [-0.25, -0.2) is 8.42 Å². The predicted octanol–water partition coefficient (Wildman–Crippen LogP) is 2.45. The first-order valence-corrected chi connectivity index (χ1v) is 12.2. The Morgan fingerprint density at radius 1 is 1.09 bits per heavy atom. The molecule has 5 rings (SSSR count). The summed E-state index contributed by atoms with van der Waals surface area (Å²) in [5, 5.41) is 8.12. The highest BCUT2D eigenvalue weighted by molar-refractivity contribution is 7.89. The molecule has 0 amide bonds. The minimum Gasteiger partial charge on any atom is -0.360 e. The van der Waals surface area contributed by atoms with E-state index in [0.717, 1.165) is 19.5 Å². The number of rotatable bonds is 5. The van der Waals surface area contributed by atoms with Gasteiger partial charge < -0.3 is 9.05 Å². The fraction of sp³-hybridized carbons (Fsp3) is 0.500. The van der Waals surface area contributed by atoms with Crippen LogP contribution in [0.25, 0.3) is 0 Å². The molecule has 0 aliphatic carbocycles. The molecule has 2 aliphatic rings. The third-order valence-corrected chi connectivity index (χ3v) is 8.83. The van der Waals surface area contributed by atoms with Gasteiger partial charge >= 0.3 is 0 Å². The highest BCUT2D eigenvalue weighted by Gasteiger charge is 2.55. The lowest BCUT2D eigenvalue weighted by Crippen LogP contribution is -2.54. The van der Waals surface area contributed by atoms with E-state index in [0.29, 0.717) is 42.8 Å². The first kappa shape index (κ1) is 21.3. The van der Waals surface area contributed by atoms with E-state index in [1.165, 1.54) is 5.56 Å². The molecule has 2 saturated heterocycles. The molecule has 10 heteroatoms. The summed E-state index contributed by atoms with van der Waals surface area (Å²) >= 11 is 0. The quantitative estimate of drug-likeness (QED) is 0.575. The summed E-state index contributed by atoms with van der Waals surface area (Å²) in [5.41, 5.74) is 1.08. The van der Waals surface area contributed by atoms with E-state index in [-0.39, 0.29) is 10.8 Å². The Labute approximate surface area is 187 Å². The Hall–Kier alpha value is -2.56. The molecule has 2 fully saturated rings. The summed E-state index contributed by atoms with van der Waals surface area (Å²) in [6.07, 6.45) is 0.724. The molecule has 0 radical (unpaired) electrons. The summed E-state index contributed by atoms with van der Waals surface area (Å²) in [5.74, 6) is 1.63. The van der Waals surface area contributed by atoms with Gasteiger partial charge in [-0.15, -0.1) is 0 Å². The molecular weight excluding hydrogens is 430 g/mol. The van der Waals surface area contributed by atoms with Crippen molar-refractivity contribution in [3.63, 3.8) is 0 Å². The lowest BCUT2D eigenvalue weighted by Gasteiger charge is -2.41. The van der Waals surface area contributed by atoms with Gasteiger partial charge in [-0.05, 0) is 31.7 Å². The second kappa shape index (κ2) is 7.79. The van der Waals surface area contributed by atoms with Crippen LogP contribution in [0.2, 0.25) is 0 Å². The van der Waals surface area contributed by atoms with Crippen molar-refractivity contribution in [3.8, 4) is 0 Å². The van der Waals surface area contributed by atoms with Gasteiger partial charge in [0.05, 0.1) is 5.41 Å². The van der Waals surface area contributed by atoms with Gasteiger partial charge in [0.15, 0.2) is 11.6 Å². The molecule has 1 aromatic carbocycles. The molecule has 0 spiro atoms.